The van der Waals surface area contributed by atoms with Crippen molar-refractivity contribution in [1.82, 2.24) is 4.90 Å². The Bertz CT molecular complexity index is 941. The number of thioether (sulfide) groups is 1. The second-order valence-corrected chi connectivity index (χ2v) is 7.88. The molecule has 0 aromatic heterocycles. The molecule has 3 rings (SSSR count). The number of rotatable bonds is 8. The van der Waals surface area contributed by atoms with E-state index in [1.165, 1.54) is 11.8 Å². The number of aliphatic imine (C=N–C) groups is 1. The van der Waals surface area contributed by atoms with Gasteiger partial charge in [0.1, 0.15) is 0 Å². The van der Waals surface area contributed by atoms with Crippen molar-refractivity contribution in [3.05, 3.63) is 59.0 Å². The molecule has 1 fully saturated rings. The number of amidine groups is 1. The minimum Gasteiger partial charge on any atom is -0.493 e. The number of benzene rings is 2. The van der Waals surface area contributed by atoms with Gasteiger partial charge in [-0.2, -0.15) is 0 Å². The number of carbonyl (C=O) groups excluding carboxylic acids is 1. The summed E-state index contributed by atoms with van der Waals surface area (Å²) in [5, 5.41) is 0.640. The van der Waals surface area contributed by atoms with Crippen molar-refractivity contribution in [2.45, 2.75) is 20.0 Å². The van der Waals surface area contributed by atoms with Crippen molar-refractivity contribution in [3.8, 4) is 11.5 Å². The van der Waals surface area contributed by atoms with Crippen molar-refractivity contribution in [1.29, 1.82) is 0 Å². The van der Waals surface area contributed by atoms with Gasteiger partial charge in [-0.05, 0) is 61.5 Å². The van der Waals surface area contributed by atoms with Gasteiger partial charge in [0.05, 0.1) is 37.0 Å². The van der Waals surface area contributed by atoms with E-state index in [0.717, 1.165) is 11.3 Å². The van der Waals surface area contributed by atoms with E-state index in [1.54, 1.807) is 19.1 Å². The monoisotopic (exact) mass is 426 g/mol. The third kappa shape index (κ3) is 5.43. The summed E-state index contributed by atoms with van der Waals surface area (Å²) in [6, 6.07) is 15.2. The first-order chi connectivity index (χ1) is 14.5. The average molecular weight is 427 g/mol. The van der Waals surface area contributed by atoms with Gasteiger partial charge in [0.25, 0.3) is 5.91 Å². The Morgan fingerprint density at radius 1 is 1.10 bits per heavy atom. The van der Waals surface area contributed by atoms with E-state index in [9.17, 15) is 4.79 Å². The number of hydrogen-bond acceptors (Lipinski definition) is 6. The summed E-state index contributed by atoms with van der Waals surface area (Å²) < 4.78 is 16.4. The van der Waals surface area contributed by atoms with Crippen LogP contribution in [-0.2, 0) is 9.53 Å². The number of para-hydroxylation sites is 1. The molecule has 7 heteroatoms. The van der Waals surface area contributed by atoms with E-state index in [0.29, 0.717) is 34.7 Å². The fourth-order valence-electron chi connectivity index (χ4n) is 2.86. The molecule has 0 atom stereocenters. The fraction of sp³-hybridized carbons (Fsp3) is 0.304. The SMILES string of the molecule is COCCN1C(=O)/C(=C/c2ccc(OC(C)C)c(OC)c2)SC1=Nc1ccccc1. The first-order valence-corrected chi connectivity index (χ1v) is 10.5. The minimum atomic E-state index is -0.0896. The molecule has 0 saturated carbocycles. The Morgan fingerprint density at radius 2 is 1.87 bits per heavy atom. The molecule has 1 aliphatic heterocycles. The maximum absolute atomic E-state index is 13.0. The number of ether oxygens (including phenoxy) is 3. The standard InChI is InChI=1S/C23H26N2O4S/c1-16(2)29-19-11-10-17(14-20(19)28-4)15-21-22(26)25(12-13-27-3)23(30-21)24-18-8-6-5-7-9-18/h5-11,14-16H,12-13H2,1-4H3/b21-15-,24-23?. The second-order valence-electron chi connectivity index (χ2n) is 6.87. The molecule has 0 N–H and O–H groups in total. The lowest BCUT2D eigenvalue weighted by molar-refractivity contribution is -0.122. The third-order valence-corrected chi connectivity index (χ3v) is 5.24. The predicted octanol–water partition coefficient (Wildman–Crippen LogP) is 4.73. The van der Waals surface area contributed by atoms with Crippen molar-refractivity contribution < 1.29 is 19.0 Å². The largest absolute Gasteiger partial charge is 0.493 e. The Kier molecular flexibility index (Phi) is 7.54. The molecule has 0 bridgehead atoms. The maximum Gasteiger partial charge on any atom is 0.266 e. The zero-order valence-corrected chi connectivity index (χ0v) is 18.4. The highest BCUT2D eigenvalue weighted by atomic mass is 32.2. The van der Waals surface area contributed by atoms with Crippen LogP contribution in [0.5, 0.6) is 11.5 Å². The lowest BCUT2D eigenvalue weighted by Gasteiger charge is -2.14. The van der Waals surface area contributed by atoms with E-state index in [4.69, 9.17) is 14.2 Å². The number of hydrogen-bond donors (Lipinski definition) is 0. The molecule has 2 aromatic rings. The maximum atomic E-state index is 13.0. The van der Waals surface area contributed by atoms with Gasteiger partial charge >= 0.3 is 0 Å². The highest BCUT2D eigenvalue weighted by Gasteiger charge is 2.33. The Morgan fingerprint density at radius 3 is 2.53 bits per heavy atom. The van der Waals surface area contributed by atoms with Crippen LogP contribution in [0.15, 0.2) is 58.4 Å². The summed E-state index contributed by atoms with van der Waals surface area (Å²) in [6.45, 7) is 4.80. The van der Waals surface area contributed by atoms with Crippen LogP contribution in [0.4, 0.5) is 5.69 Å². The van der Waals surface area contributed by atoms with Crippen LogP contribution in [-0.4, -0.2) is 49.4 Å². The van der Waals surface area contributed by atoms with Crippen LogP contribution in [0.1, 0.15) is 19.4 Å². The lowest BCUT2D eigenvalue weighted by atomic mass is 10.2. The number of amides is 1. The first-order valence-electron chi connectivity index (χ1n) is 9.70. The quantitative estimate of drug-likeness (QED) is 0.571. The fourth-order valence-corrected chi connectivity index (χ4v) is 3.89. The zero-order valence-electron chi connectivity index (χ0n) is 17.6. The molecule has 0 unspecified atom stereocenters. The van der Waals surface area contributed by atoms with Crippen molar-refractivity contribution >= 4 is 34.6 Å². The van der Waals surface area contributed by atoms with Gasteiger partial charge in [-0.1, -0.05) is 24.3 Å². The van der Waals surface area contributed by atoms with Gasteiger partial charge in [0.15, 0.2) is 16.7 Å². The normalized spacial score (nSPS) is 16.7. The van der Waals surface area contributed by atoms with Crippen LogP contribution in [0, 0.1) is 0 Å². The summed E-state index contributed by atoms with van der Waals surface area (Å²) in [6.07, 6.45) is 1.89. The smallest absolute Gasteiger partial charge is 0.266 e. The van der Waals surface area contributed by atoms with Crippen molar-refractivity contribution in [2.24, 2.45) is 4.99 Å². The summed E-state index contributed by atoms with van der Waals surface area (Å²) >= 11 is 1.36. The molecule has 1 amide bonds. The van der Waals surface area contributed by atoms with Gasteiger partial charge in [-0.15, -0.1) is 0 Å². The Labute approximate surface area is 181 Å². The Hall–Kier alpha value is -2.77. The number of methoxy groups -OCH3 is 2. The molecule has 0 aliphatic carbocycles. The van der Waals surface area contributed by atoms with Crippen LogP contribution in [0.25, 0.3) is 6.08 Å². The lowest BCUT2D eigenvalue weighted by Crippen LogP contribution is -2.32. The van der Waals surface area contributed by atoms with Crippen molar-refractivity contribution in [3.63, 3.8) is 0 Å². The highest BCUT2D eigenvalue weighted by molar-refractivity contribution is 8.18. The third-order valence-electron chi connectivity index (χ3n) is 4.24. The Balaban J connectivity index is 1.90. The van der Waals surface area contributed by atoms with Gasteiger partial charge < -0.3 is 14.2 Å². The van der Waals surface area contributed by atoms with Crippen LogP contribution in [0.3, 0.4) is 0 Å². The second kappa shape index (κ2) is 10.3. The molecule has 0 spiro atoms. The summed E-state index contributed by atoms with van der Waals surface area (Å²) in [7, 11) is 3.22. The molecule has 1 aliphatic rings. The van der Waals surface area contributed by atoms with Gasteiger partial charge in [-0.25, -0.2) is 4.99 Å². The molecule has 158 valence electrons. The van der Waals surface area contributed by atoms with Gasteiger partial charge in [-0.3, -0.25) is 9.69 Å². The first kappa shape index (κ1) is 21.9. The van der Waals surface area contributed by atoms with Crippen LogP contribution >= 0.6 is 11.8 Å². The van der Waals surface area contributed by atoms with E-state index in [-0.39, 0.29) is 12.0 Å². The molecule has 0 radical (unpaired) electrons. The molecule has 2 aromatic carbocycles. The molecular weight excluding hydrogens is 400 g/mol. The average Bonchev–Trinajstić information content (AvgIpc) is 3.02. The molecule has 1 heterocycles. The van der Waals surface area contributed by atoms with Crippen LogP contribution in [0.2, 0.25) is 0 Å². The van der Waals surface area contributed by atoms with Crippen LogP contribution < -0.4 is 9.47 Å². The van der Waals surface area contributed by atoms with E-state index < -0.39 is 0 Å². The van der Waals surface area contributed by atoms with E-state index >= 15 is 0 Å². The van der Waals surface area contributed by atoms with E-state index in [2.05, 4.69) is 4.99 Å². The highest BCUT2D eigenvalue weighted by Crippen LogP contribution is 2.36. The summed E-state index contributed by atoms with van der Waals surface area (Å²) in [4.78, 5) is 19.9. The molecule has 6 nitrogen and oxygen atoms in total. The summed E-state index contributed by atoms with van der Waals surface area (Å²) in [5.74, 6) is 1.21. The minimum absolute atomic E-state index is 0.0427. The summed E-state index contributed by atoms with van der Waals surface area (Å²) in [5.41, 5.74) is 1.65. The topological polar surface area (TPSA) is 60.4 Å². The zero-order chi connectivity index (χ0) is 21.5. The van der Waals surface area contributed by atoms with Crippen molar-refractivity contribution in [2.75, 3.05) is 27.4 Å². The molecule has 30 heavy (non-hydrogen) atoms. The van der Waals surface area contributed by atoms with Gasteiger partial charge in [0, 0.05) is 7.11 Å². The predicted molar refractivity (Wildman–Crippen MR) is 121 cm³/mol. The molecule has 1 saturated heterocycles. The number of carbonyl (C=O) groups is 1. The van der Waals surface area contributed by atoms with E-state index in [1.807, 2.05) is 68.5 Å². The number of nitrogens with zero attached hydrogens (tertiary/aromatic N) is 2. The molecular formula is C23H26N2O4S. The van der Waals surface area contributed by atoms with Gasteiger partial charge in [0.2, 0.25) is 0 Å².